The molecule has 0 aliphatic heterocycles. The minimum atomic E-state index is -0.556. The van der Waals surface area contributed by atoms with Gasteiger partial charge >= 0.3 is 5.97 Å². The Labute approximate surface area is 123 Å². The van der Waals surface area contributed by atoms with E-state index in [0.29, 0.717) is 5.69 Å². The van der Waals surface area contributed by atoms with Crippen LogP contribution >= 0.6 is 0 Å². The fourth-order valence-corrected chi connectivity index (χ4v) is 2.22. The predicted octanol–water partition coefficient (Wildman–Crippen LogP) is 4.18. The van der Waals surface area contributed by atoms with Crippen molar-refractivity contribution in [1.82, 2.24) is 0 Å². The van der Waals surface area contributed by atoms with Gasteiger partial charge < -0.3 is 10.1 Å². The summed E-state index contributed by atoms with van der Waals surface area (Å²) in [5.74, 6) is -1.02. The third-order valence-corrected chi connectivity index (χ3v) is 3.33. The smallest absolute Gasteiger partial charge is 0.340 e. The molecule has 1 atom stereocenters. The van der Waals surface area contributed by atoms with Gasteiger partial charge in [0.15, 0.2) is 0 Å². The first-order valence-electron chi connectivity index (χ1n) is 6.85. The highest BCUT2D eigenvalue weighted by molar-refractivity contribution is 5.95. The van der Waals surface area contributed by atoms with Crippen molar-refractivity contribution < 1.29 is 13.9 Å². The van der Waals surface area contributed by atoms with Gasteiger partial charge in [0, 0.05) is 5.69 Å². The molecule has 4 heteroatoms. The second-order valence-electron chi connectivity index (χ2n) is 4.70. The molecule has 0 spiro atoms. The van der Waals surface area contributed by atoms with Crippen molar-refractivity contribution in [3.8, 4) is 0 Å². The van der Waals surface area contributed by atoms with Crippen LogP contribution in [-0.4, -0.2) is 13.1 Å². The Balaban J connectivity index is 2.31. The van der Waals surface area contributed by atoms with Gasteiger partial charge in [-0.15, -0.1) is 0 Å². The minimum Gasteiger partial charge on any atom is -0.465 e. The SMILES string of the molecule is CCC(Nc1ccc(F)cc1C(=O)OC)c1ccccc1. The Morgan fingerprint density at radius 1 is 1.24 bits per heavy atom. The Hall–Kier alpha value is -2.36. The maximum absolute atomic E-state index is 13.4. The fraction of sp³-hybridized carbons (Fsp3) is 0.235. The van der Waals surface area contributed by atoms with Crippen LogP contribution in [0.25, 0.3) is 0 Å². The molecular weight excluding hydrogens is 269 g/mol. The molecule has 110 valence electrons. The largest absolute Gasteiger partial charge is 0.465 e. The Morgan fingerprint density at radius 3 is 2.57 bits per heavy atom. The zero-order valence-electron chi connectivity index (χ0n) is 12.1. The molecule has 0 aliphatic carbocycles. The second-order valence-corrected chi connectivity index (χ2v) is 4.70. The molecule has 21 heavy (non-hydrogen) atoms. The van der Waals surface area contributed by atoms with E-state index in [0.717, 1.165) is 12.0 Å². The van der Waals surface area contributed by atoms with Gasteiger partial charge in [-0.25, -0.2) is 9.18 Å². The molecule has 1 unspecified atom stereocenters. The molecular formula is C17H18FNO2. The number of nitrogens with one attached hydrogen (secondary N) is 1. The van der Waals surface area contributed by atoms with Gasteiger partial charge in [0.1, 0.15) is 5.82 Å². The normalized spacial score (nSPS) is 11.8. The molecule has 0 radical (unpaired) electrons. The first-order valence-corrected chi connectivity index (χ1v) is 6.85. The highest BCUT2D eigenvalue weighted by Gasteiger charge is 2.16. The van der Waals surface area contributed by atoms with E-state index in [9.17, 15) is 9.18 Å². The van der Waals surface area contributed by atoms with Crippen LogP contribution < -0.4 is 5.32 Å². The van der Waals surface area contributed by atoms with Gasteiger partial charge in [0.2, 0.25) is 0 Å². The van der Waals surface area contributed by atoms with Crippen LogP contribution in [0, 0.1) is 5.82 Å². The van der Waals surface area contributed by atoms with Crippen molar-refractivity contribution >= 4 is 11.7 Å². The van der Waals surface area contributed by atoms with E-state index >= 15 is 0 Å². The molecule has 3 nitrogen and oxygen atoms in total. The monoisotopic (exact) mass is 287 g/mol. The van der Waals surface area contributed by atoms with Gasteiger partial charge in [0.25, 0.3) is 0 Å². The van der Waals surface area contributed by atoms with Crippen molar-refractivity contribution in [3.63, 3.8) is 0 Å². The van der Waals surface area contributed by atoms with Crippen molar-refractivity contribution in [1.29, 1.82) is 0 Å². The Kier molecular flexibility index (Phi) is 4.93. The summed E-state index contributed by atoms with van der Waals surface area (Å²) in [5, 5.41) is 3.29. The number of hydrogen-bond donors (Lipinski definition) is 1. The summed E-state index contributed by atoms with van der Waals surface area (Å²) in [5.41, 5.74) is 1.88. The van der Waals surface area contributed by atoms with Gasteiger partial charge in [-0.1, -0.05) is 37.3 Å². The van der Waals surface area contributed by atoms with E-state index in [1.165, 1.54) is 19.2 Å². The summed E-state index contributed by atoms with van der Waals surface area (Å²) >= 11 is 0. The van der Waals surface area contributed by atoms with E-state index in [-0.39, 0.29) is 11.6 Å². The van der Waals surface area contributed by atoms with E-state index in [4.69, 9.17) is 4.74 Å². The lowest BCUT2D eigenvalue weighted by Crippen LogP contribution is -2.13. The number of halogens is 1. The zero-order valence-corrected chi connectivity index (χ0v) is 12.1. The van der Waals surface area contributed by atoms with E-state index in [1.54, 1.807) is 6.07 Å². The molecule has 0 aliphatic rings. The molecule has 2 aromatic rings. The van der Waals surface area contributed by atoms with Gasteiger partial charge in [-0.05, 0) is 30.2 Å². The number of rotatable bonds is 5. The molecule has 0 bridgehead atoms. The Bertz CT molecular complexity index is 613. The number of carbonyl (C=O) groups excluding carboxylic acids is 1. The number of esters is 1. The molecule has 0 saturated carbocycles. The Morgan fingerprint density at radius 2 is 1.95 bits per heavy atom. The number of ether oxygens (including phenoxy) is 1. The van der Waals surface area contributed by atoms with Gasteiger partial charge in [-0.3, -0.25) is 0 Å². The van der Waals surface area contributed by atoms with Crippen LogP contribution in [0.5, 0.6) is 0 Å². The van der Waals surface area contributed by atoms with Gasteiger partial charge in [-0.2, -0.15) is 0 Å². The van der Waals surface area contributed by atoms with Crippen LogP contribution in [0.3, 0.4) is 0 Å². The minimum absolute atomic E-state index is 0.0417. The summed E-state index contributed by atoms with van der Waals surface area (Å²) in [4.78, 5) is 11.8. The second kappa shape index (κ2) is 6.88. The molecule has 2 rings (SSSR count). The maximum atomic E-state index is 13.4. The van der Waals surface area contributed by atoms with Crippen LogP contribution in [-0.2, 0) is 4.74 Å². The maximum Gasteiger partial charge on any atom is 0.340 e. The van der Waals surface area contributed by atoms with Crippen molar-refractivity contribution in [2.75, 3.05) is 12.4 Å². The van der Waals surface area contributed by atoms with E-state index < -0.39 is 11.8 Å². The zero-order chi connectivity index (χ0) is 15.2. The number of methoxy groups -OCH3 is 1. The van der Waals surface area contributed by atoms with E-state index in [1.807, 2.05) is 37.3 Å². The first kappa shape index (κ1) is 15.0. The van der Waals surface area contributed by atoms with Crippen LogP contribution in [0.1, 0.15) is 35.3 Å². The highest BCUT2D eigenvalue weighted by atomic mass is 19.1. The summed E-state index contributed by atoms with van der Waals surface area (Å²) in [6, 6.07) is 14.0. The lowest BCUT2D eigenvalue weighted by Gasteiger charge is -2.20. The molecule has 0 fully saturated rings. The molecule has 0 saturated heterocycles. The summed E-state index contributed by atoms with van der Waals surface area (Å²) in [7, 11) is 1.28. The molecule has 2 aromatic carbocycles. The van der Waals surface area contributed by atoms with E-state index in [2.05, 4.69) is 5.32 Å². The van der Waals surface area contributed by atoms with Crippen LogP contribution in [0.15, 0.2) is 48.5 Å². The molecule has 0 aromatic heterocycles. The molecule has 0 heterocycles. The summed E-state index contributed by atoms with van der Waals surface area (Å²) in [6.07, 6.45) is 0.835. The average molecular weight is 287 g/mol. The highest BCUT2D eigenvalue weighted by Crippen LogP contribution is 2.26. The summed E-state index contributed by atoms with van der Waals surface area (Å²) < 4.78 is 18.1. The van der Waals surface area contributed by atoms with Crippen molar-refractivity contribution in [2.45, 2.75) is 19.4 Å². The number of hydrogen-bond acceptors (Lipinski definition) is 3. The quantitative estimate of drug-likeness (QED) is 0.839. The topological polar surface area (TPSA) is 38.3 Å². The number of benzene rings is 2. The fourth-order valence-electron chi connectivity index (χ4n) is 2.22. The average Bonchev–Trinajstić information content (AvgIpc) is 2.53. The first-order chi connectivity index (χ1) is 10.2. The van der Waals surface area contributed by atoms with Crippen molar-refractivity contribution in [3.05, 3.63) is 65.5 Å². The number of carbonyl (C=O) groups is 1. The summed E-state index contributed by atoms with van der Waals surface area (Å²) in [6.45, 7) is 2.05. The predicted molar refractivity (Wildman–Crippen MR) is 80.8 cm³/mol. The van der Waals surface area contributed by atoms with Crippen LogP contribution in [0.2, 0.25) is 0 Å². The third kappa shape index (κ3) is 3.60. The lowest BCUT2D eigenvalue weighted by atomic mass is 10.0. The number of anilines is 1. The standard InChI is InChI=1S/C17H18FNO2/c1-3-15(12-7-5-4-6-8-12)19-16-10-9-13(18)11-14(16)17(20)21-2/h4-11,15,19H,3H2,1-2H3. The third-order valence-electron chi connectivity index (χ3n) is 3.33. The van der Waals surface area contributed by atoms with Crippen molar-refractivity contribution in [2.24, 2.45) is 0 Å². The van der Waals surface area contributed by atoms with Crippen LogP contribution in [0.4, 0.5) is 10.1 Å². The molecule has 1 N–H and O–H groups in total. The molecule has 0 amide bonds. The lowest BCUT2D eigenvalue weighted by molar-refractivity contribution is 0.0601. The van der Waals surface area contributed by atoms with Gasteiger partial charge in [0.05, 0.1) is 18.7 Å².